The van der Waals surface area contributed by atoms with Gasteiger partial charge in [0, 0.05) is 17.3 Å². The Kier molecular flexibility index (Phi) is 4.52. The average molecular weight is 423 g/mol. The molecule has 0 aliphatic heterocycles. The maximum absolute atomic E-state index is 14.2. The van der Waals surface area contributed by atoms with Gasteiger partial charge in [-0.15, -0.1) is 0 Å². The van der Waals surface area contributed by atoms with E-state index in [4.69, 9.17) is 0 Å². The predicted molar refractivity (Wildman–Crippen MR) is 130 cm³/mol. The van der Waals surface area contributed by atoms with E-state index in [9.17, 15) is 4.79 Å². The first kappa shape index (κ1) is 22.0. The topological polar surface area (TPSA) is 17.1 Å². The fourth-order valence-electron chi connectivity index (χ4n) is 10.3. The molecule has 1 heteroatoms. The molecule has 0 spiro atoms. The highest BCUT2D eigenvalue weighted by Gasteiger charge is 2.70. The minimum absolute atomic E-state index is 0.0125. The van der Waals surface area contributed by atoms with Crippen molar-refractivity contribution in [2.75, 3.05) is 0 Å². The Balaban J connectivity index is 1.65. The lowest BCUT2D eigenvalue weighted by Crippen LogP contribution is -2.66. The lowest BCUT2D eigenvalue weighted by molar-refractivity contribution is -0.187. The van der Waals surface area contributed by atoms with E-state index in [2.05, 4.69) is 61.1 Å². The number of Topliss-reactive ketones (excluding diaryl/α,β-unsaturated/α-hetero) is 1. The van der Waals surface area contributed by atoms with Gasteiger partial charge in [0.25, 0.3) is 0 Å². The molecule has 0 aromatic heterocycles. The average Bonchev–Trinajstić information content (AvgIpc) is 2.68. The first-order valence-electron chi connectivity index (χ1n) is 13.2. The van der Waals surface area contributed by atoms with Crippen molar-refractivity contribution in [2.24, 2.45) is 50.7 Å². The van der Waals surface area contributed by atoms with Crippen LogP contribution in [0.4, 0.5) is 0 Å². The number of ketones is 1. The lowest BCUT2D eigenvalue weighted by atomic mass is 9.33. The van der Waals surface area contributed by atoms with Crippen LogP contribution in [0.3, 0.4) is 0 Å². The molecule has 0 N–H and O–H groups in total. The molecule has 0 aromatic rings. The van der Waals surface area contributed by atoms with Crippen LogP contribution in [-0.4, -0.2) is 5.78 Å². The highest BCUT2D eigenvalue weighted by molar-refractivity contribution is 5.88. The normalized spacial score (nSPS) is 53.6. The van der Waals surface area contributed by atoms with E-state index in [1.54, 1.807) is 5.57 Å². The van der Waals surface area contributed by atoms with Crippen LogP contribution in [0.5, 0.6) is 0 Å². The van der Waals surface area contributed by atoms with Crippen molar-refractivity contribution in [3.63, 3.8) is 0 Å². The number of hydrogen-bond donors (Lipinski definition) is 0. The number of carbonyl (C=O) groups excluding carboxylic acids is 1. The first-order chi connectivity index (χ1) is 14.3. The summed E-state index contributed by atoms with van der Waals surface area (Å²) >= 11 is 0. The Hall–Kier alpha value is -0.850. The van der Waals surface area contributed by atoms with Crippen molar-refractivity contribution in [3.05, 3.63) is 23.8 Å². The SMILES string of the molecule is C=C1CC[C@]2(C)CC[C@]3(C)C(=CC[C@@H]4[C@@]5(C)CCCC(C)(C)[C@@H]5CC(=O)[C@]43C)[C@H]2[C@H]1C. The fourth-order valence-corrected chi connectivity index (χ4v) is 10.3. The van der Waals surface area contributed by atoms with Crippen molar-refractivity contribution < 1.29 is 4.79 Å². The van der Waals surface area contributed by atoms with Crippen LogP contribution in [0, 0.1) is 50.7 Å². The Morgan fingerprint density at radius 2 is 1.65 bits per heavy atom. The van der Waals surface area contributed by atoms with E-state index in [0.717, 1.165) is 12.8 Å². The summed E-state index contributed by atoms with van der Waals surface area (Å²) in [7, 11) is 0. The molecular weight excluding hydrogens is 376 g/mol. The molecule has 1 nitrogen and oxygen atoms in total. The van der Waals surface area contributed by atoms with E-state index in [1.807, 2.05) is 0 Å². The quantitative estimate of drug-likeness (QED) is 0.360. The second kappa shape index (κ2) is 6.38. The summed E-state index contributed by atoms with van der Waals surface area (Å²) in [6.07, 6.45) is 13.4. The van der Waals surface area contributed by atoms with Crippen molar-refractivity contribution in [2.45, 2.75) is 106 Å². The summed E-state index contributed by atoms with van der Waals surface area (Å²) in [5, 5.41) is 0. The summed E-state index contributed by atoms with van der Waals surface area (Å²) in [5.41, 5.74) is 3.85. The molecule has 0 aromatic carbocycles. The molecular formula is C30H46O. The minimum Gasteiger partial charge on any atom is -0.299 e. The van der Waals surface area contributed by atoms with Crippen molar-refractivity contribution in [1.29, 1.82) is 0 Å². The second-order valence-corrected chi connectivity index (χ2v) is 14.1. The van der Waals surface area contributed by atoms with Gasteiger partial charge in [-0.05, 0) is 84.9 Å². The van der Waals surface area contributed by atoms with E-state index >= 15 is 0 Å². The Bertz CT molecular complexity index is 862. The van der Waals surface area contributed by atoms with Crippen LogP contribution < -0.4 is 0 Å². The fraction of sp³-hybridized carbons (Fsp3) is 0.833. The van der Waals surface area contributed by atoms with Gasteiger partial charge in [-0.2, -0.15) is 0 Å². The number of carbonyl (C=O) groups is 1. The summed E-state index contributed by atoms with van der Waals surface area (Å²) in [5.74, 6) is 2.74. The number of fused-ring (bicyclic) bond motifs is 7. The molecule has 0 amide bonds. The molecule has 5 rings (SSSR count). The molecule has 4 fully saturated rings. The summed E-state index contributed by atoms with van der Waals surface area (Å²) < 4.78 is 0. The van der Waals surface area contributed by atoms with Crippen molar-refractivity contribution in [1.82, 2.24) is 0 Å². The van der Waals surface area contributed by atoms with Gasteiger partial charge in [0.15, 0.2) is 0 Å². The van der Waals surface area contributed by atoms with E-state index in [0.29, 0.717) is 34.9 Å². The zero-order valence-electron chi connectivity index (χ0n) is 21.4. The number of rotatable bonds is 0. The highest BCUT2D eigenvalue weighted by atomic mass is 16.1. The minimum atomic E-state index is -0.213. The largest absolute Gasteiger partial charge is 0.299 e. The standard InChI is InChI=1S/C30H46O/c1-19-12-15-27(5)16-17-29(7)21(25(27)20(19)2)10-11-22-28(6)14-9-13-26(3,4)23(28)18-24(31)30(22,29)8/h10,20,22-23,25H,1,9,11-18H2,2-8H3/t20-,22+,23-,25+,27+,28+,29+,30-/m0/s1. The molecule has 8 atom stereocenters. The van der Waals surface area contributed by atoms with Gasteiger partial charge >= 0.3 is 0 Å². The molecule has 31 heavy (non-hydrogen) atoms. The van der Waals surface area contributed by atoms with Gasteiger partial charge in [-0.1, -0.05) is 78.7 Å². The monoisotopic (exact) mass is 422 g/mol. The zero-order valence-corrected chi connectivity index (χ0v) is 21.4. The summed E-state index contributed by atoms with van der Waals surface area (Å²) in [4.78, 5) is 14.2. The molecule has 0 heterocycles. The van der Waals surface area contributed by atoms with Crippen LogP contribution in [0.15, 0.2) is 23.8 Å². The van der Waals surface area contributed by atoms with E-state index in [1.165, 1.54) is 50.5 Å². The Labute approximate surface area is 191 Å². The molecule has 0 unspecified atom stereocenters. The molecule has 172 valence electrons. The maximum atomic E-state index is 14.2. The Morgan fingerprint density at radius 3 is 2.35 bits per heavy atom. The molecule has 5 aliphatic carbocycles. The lowest BCUT2D eigenvalue weighted by Gasteiger charge is -2.70. The van der Waals surface area contributed by atoms with Crippen LogP contribution in [0.25, 0.3) is 0 Å². The maximum Gasteiger partial charge on any atom is 0.140 e. The van der Waals surface area contributed by atoms with Crippen LogP contribution in [0.2, 0.25) is 0 Å². The molecule has 4 saturated carbocycles. The van der Waals surface area contributed by atoms with Crippen molar-refractivity contribution >= 4 is 5.78 Å². The van der Waals surface area contributed by atoms with Gasteiger partial charge in [0.05, 0.1) is 0 Å². The smallest absolute Gasteiger partial charge is 0.140 e. The summed E-state index contributed by atoms with van der Waals surface area (Å²) in [6, 6.07) is 0. The van der Waals surface area contributed by atoms with Crippen molar-refractivity contribution in [3.8, 4) is 0 Å². The molecule has 5 aliphatic rings. The Morgan fingerprint density at radius 1 is 0.935 bits per heavy atom. The van der Waals surface area contributed by atoms with E-state index < -0.39 is 0 Å². The number of allylic oxidation sites excluding steroid dienone is 3. The predicted octanol–water partition coefficient (Wildman–Crippen LogP) is 8.15. The van der Waals surface area contributed by atoms with Gasteiger partial charge in [-0.25, -0.2) is 0 Å². The molecule has 0 radical (unpaired) electrons. The van der Waals surface area contributed by atoms with E-state index in [-0.39, 0.29) is 21.7 Å². The third-order valence-corrected chi connectivity index (χ3v) is 12.5. The van der Waals surface area contributed by atoms with Gasteiger partial charge in [0.1, 0.15) is 5.78 Å². The third kappa shape index (κ3) is 2.53. The van der Waals surface area contributed by atoms with Gasteiger partial charge < -0.3 is 0 Å². The number of hydrogen-bond acceptors (Lipinski definition) is 1. The second-order valence-electron chi connectivity index (χ2n) is 14.1. The highest BCUT2D eigenvalue weighted by Crippen LogP contribution is 2.74. The van der Waals surface area contributed by atoms with Gasteiger partial charge in [0.2, 0.25) is 0 Å². The summed E-state index contributed by atoms with van der Waals surface area (Å²) in [6.45, 7) is 21.8. The first-order valence-corrected chi connectivity index (χ1v) is 13.2. The third-order valence-electron chi connectivity index (χ3n) is 12.5. The molecule has 0 bridgehead atoms. The van der Waals surface area contributed by atoms with Gasteiger partial charge in [-0.3, -0.25) is 4.79 Å². The van der Waals surface area contributed by atoms with Crippen LogP contribution in [0.1, 0.15) is 106 Å². The van der Waals surface area contributed by atoms with Crippen LogP contribution >= 0.6 is 0 Å². The van der Waals surface area contributed by atoms with Crippen LogP contribution in [-0.2, 0) is 4.79 Å². The zero-order chi connectivity index (χ0) is 22.6. The molecule has 0 saturated heterocycles.